The molecule has 0 spiro atoms. The first kappa shape index (κ1) is 14.0. The van der Waals surface area contributed by atoms with Crippen molar-refractivity contribution in [3.8, 4) is 18.2 Å². The van der Waals surface area contributed by atoms with Gasteiger partial charge in [-0.05, 0) is 18.2 Å². The van der Waals surface area contributed by atoms with Crippen LogP contribution < -0.4 is 10.4 Å². The van der Waals surface area contributed by atoms with Crippen LogP contribution in [0.4, 0.5) is 0 Å². The van der Waals surface area contributed by atoms with E-state index >= 15 is 0 Å². The molecule has 0 aliphatic carbocycles. The fourth-order valence-electron chi connectivity index (χ4n) is 1.99. The Hall–Kier alpha value is -3.42. The van der Waals surface area contributed by atoms with Crippen molar-refractivity contribution in [2.75, 3.05) is 0 Å². The highest BCUT2D eigenvalue weighted by molar-refractivity contribution is 5.77. The van der Waals surface area contributed by atoms with Crippen molar-refractivity contribution in [2.45, 2.75) is 6.92 Å². The predicted octanol–water partition coefficient (Wildman–Crippen LogP) is 1.31. The molecule has 0 saturated heterocycles. The van der Waals surface area contributed by atoms with Gasteiger partial charge < -0.3 is 0 Å². The summed E-state index contributed by atoms with van der Waals surface area (Å²) in [6, 6.07) is 16.3. The van der Waals surface area contributed by atoms with E-state index in [4.69, 9.17) is 10.5 Å². The van der Waals surface area contributed by atoms with Crippen LogP contribution >= 0.6 is 0 Å². The molecule has 21 heavy (non-hydrogen) atoms. The third-order valence-electron chi connectivity index (χ3n) is 3.07. The van der Waals surface area contributed by atoms with Gasteiger partial charge in [-0.3, -0.25) is 4.98 Å². The highest BCUT2D eigenvalue weighted by Crippen LogP contribution is 2.12. The van der Waals surface area contributed by atoms with Crippen molar-refractivity contribution in [2.24, 2.45) is 0 Å². The lowest BCUT2D eigenvalue weighted by atomic mass is 10.0. The standard InChI is InChI=1S/C17H10N4/c1-12-16(3-2-8-21-12)17(11-20)14-6-4-13(5-7-14)15(9-18)10-19/h2-8H,1H3. The Labute approximate surface area is 122 Å². The molecular formula is C17H10N4. The summed E-state index contributed by atoms with van der Waals surface area (Å²) in [6.45, 7) is 1.85. The van der Waals surface area contributed by atoms with Crippen LogP contribution in [0.3, 0.4) is 0 Å². The van der Waals surface area contributed by atoms with Crippen LogP contribution in [0.25, 0.3) is 11.1 Å². The Morgan fingerprint density at radius 2 is 1.52 bits per heavy atom. The normalized spacial score (nSPS) is 9.05. The molecule has 0 radical (unpaired) electrons. The van der Waals surface area contributed by atoms with Gasteiger partial charge in [0.1, 0.15) is 23.8 Å². The highest BCUT2D eigenvalue weighted by atomic mass is 14.7. The first-order valence-electron chi connectivity index (χ1n) is 6.18. The second-order valence-electron chi connectivity index (χ2n) is 4.30. The number of benzene rings is 1. The molecule has 0 unspecified atom stereocenters. The molecule has 0 bridgehead atoms. The Kier molecular flexibility index (Phi) is 4.10. The average Bonchev–Trinajstić information content (AvgIpc) is 2.52. The van der Waals surface area contributed by atoms with E-state index < -0.39 is 0 Å². The van der Waals surface area contributed by atoms with Gasteiger partial charge in [0.25, 0.3) is 0 Å². The van der Waals surface area contributed by atoms with Gasteiger partial charge in [0, 0.05) is 22.7 Å². The van der Waals surface area contributed by atoms with E-state index in [9.17, 15) is 5.26 Å². The van der Waals surface area contributed by atoms with E-state index in [-0.39, 0.29) is 5.57 Å². The van der Waals surface area contributed by atoms with Crippen LogP contribution in [-0.2, 0) is 0 Å². The number of aryl methyl sites for hydroxylation is 1. The lowest BCUT2D eigenvalue weighted by Gasteiger charge is -2.02. The van der Waals surface area contributed by atoms with Crippen LogP contribution in [-0.4, -0.2) is 4.98 Å². The molecule has 1 heterocycles. The monoisotopic (exact) mass is 270 g/mol. The summed E-state index contributed by atoms with van der Waals surface area (Å²) < 4.78 is 0. The summed E-state index contributed by atoms with van der Waals surface area (Å²) in [5.74, 6) is 0. The minimum Gasteiger partial charge on any atom is -0.261 e. The lowest BCUT2D eigenvalue weighted by molar-refractivity contribution is 1.18. The molecule has 98 valence electrons. The second kappa shape index (κ2) is 6.15. The number of hydrogen-bond donors (Lipinski definition) is 0. The first-order chi connectivity index (χ1) is 10.2. The molecule has 0 aliphatic rings. The maximum Gasteiger partial charge on any atom is 0.136 e. The highest BCUT2D eigenvalue weighted by Gasteiger charge is 2.05. The van der Waals surface area contributed by atoms with E-state index in [0.29, 0.717) is 10.8 Å². The van der Waals surface area contributed by atoms with E-state index in [1.54, 1.807) is 36.5 Å². The second-order valence-corrected chi connectivity index (χ2v) is 4.30. The molecule has 0 fully saturated rings. The minimum atomic E-state index is 0.0533. The molecule has 0 N–H and O–H groups in total. The zero-order chi connectivity index (χ0) is 15.2. The van der Waals surface area contributed by atoms with Gasteiger partial charge in [-0.2, -0.15) is 15.8 Å². The molecule has 2 rings (SSSR count). The number of nitriles is 3. The maximum absolute atomic E-state index is 9.40. The lowest BCUT2D eigenvalue weighted by Crippen LogP contribution is -2.12. The molecule has 2 aromatic rings. The summed E-state index contributed by atoms with van der Waals surface area (Å²) in [7, 11) is 0. The van der Waals surface area contributed by atoms with Crippen LogP contribution in [0.1, 0.15) is 11.3 Å². The van der Waals surface area contributed by atoms with Crippen molar-refractivity contribution >= 4 is 11.1 Å². The Morgan fingerprint density at radius 3 is 2.05 bits per heavy atom. The van der Waals surface area contributed by atoms with E-state index in [1.165, 1.54) is 0 Å². The number of aromatic nitrogens is 1. The topological polar surface area (TPSA) is 84.3 Å². The molecule has 1 aromatic heterocycles. The van der Waals surface area contributed by atoms with Crippen molar-refractivity contribution in [3.05, 3.63) is 64.3 Å². The van der Waals surface area contributed by atoms with Crippen LogP contribution in [0.5, 0.6) is 0 Å². The summed E-state index contributed by atoms with van der Waals surface area (Å²) in [4.78, 5) is 4.18. The van der Waals surface area contributed by atoms with E-state index in [2.05, 4.69) is 11.1 Å². The molecule has 1 aromatic carbocycles. The fraction of sp³-hybridized carbons (Fsp3) is 0.0588. The Balaban J connectivity index is 2.73. The van der Waals surface area contributed by atoms with Gasteiger partial charge in [-0.15, -0.1) is 0 Å². The Bertz CT molecular complexity index is 895. The first-order valence-corrected chi connectivity index (χ1v) is 6.18. The molecule has 0 aliphatic heterocycles. The van der Waals surface area contributed by atoms with E-state index in [0.717, 1.165) is 16.5 Å². The zero-order valence-corrected chi connectivity index (χ0v) is 11.3. The zero-order valence-electron chi connectivity index (χ0n) is 11.3. The third-order valence-corrected chi connectivity index (χ3v) is 3.07. The van der Waals surface area contributed by atoms with Crippen LogP contribution in [0.2, 0.25) is 0 Å². The number of hydrogen-bond acceptors (Lipinski definition) is 4. The van der Waals surface area contributed by atoms with Gasteiger partial charge in [-0.1, -0.05) is 30.3 Å². The predicted molar refractivity (Wildman–Crippen MR) is 77.4 cm³/mol. The van der Waals surface area contributed by atoms with Crippen LogP contribution in [0, 0.1) is 40.9 Å². The van der Waals surface area contributed by atoms with Gasteiger partial charge in [0.2, 0.25) is 0 Å². The van der Waals surface area contributed by atoms with Gasteiger partial charge in [0.05, 0.1) is 5.57 Å². The molecule has 4 heteroatoms. The van der Waals surface area contributed by atoms with Gasteiger partial charge >= 0.3 is 0 Å². The summed E-state index contributed by atoms with van der Waals surface area (Å²) in [6.07, 6.45) is 1.68. The minimum absolute atomic E-state index is 0.0533. The third kappa shape index (κ3) is 2.78. The number of rotatable bonds is 1. The largest absolute Gasteiger partial charge is 0.261 e. The Morgan fingerprint density at radius 1 is 0.905 bits per heavy atom. The smallest absolute Gasteiger partial charge is 0.136 e. The number of nitrogens with zero attached hydrogens (tertiary/aromatic N) is 4. The summed E-state index contributed by atoms with van der Waals surface area (Å²) in [5.41, 5.74) is 2.12. The van der Waals surface area contributed by atoms with Gasteiger partial charge in [0.15, 0.2) is 0 Å². The quantitative estimate of drug-likeness (QED) is 0.782. The molecule has 0 atom stereocenters. The molecule has 4 nitrogen and oxygen atoms in total. The summed E-state index contributed by atoms with van der Waals surface area (Å²) >= 11 is 0. The van der Waals surface area contributed by atoms with Crippen molar-refractivity contribution in [1.82, 2.24) is 4.98 Å². The maximum atomic E-state index is 9.40. The fourth-order valence-corrected chi connectivity index (χ4v) is 1.99. The van der Waals surface area contributed by atoms with E-state index in [1.807, 2.05) is 25.1 Å². The average molecular weight is 270 g/mol. The van der Waals surface area contributed by atoms with Crippen molar-refractivity contribution in [1.29, 1.82) is 15.8 Å². The number of pyridine rings is 1. The van der Waals surface area contributed by atoms with Crippen LogP contribution in [0.15, 0.2) is 42.6 Å². The molecular weight excluding hydrogens is 260 g/mol. The SMILES string of the molecule is Cc1ncccc1C(C#N)=c1ccc(=C(C#N)C#N)cc1. The van der Waals surface area contributed by atoms with Crippen molar-refractivity contribution < 1.29 is 0 Å². The summed E-state index contributed by atoms with van der Waals surface area (Å²) in [5, 5.41) is 28.4. The molecule has 0 saturated carbocycles. The van der Waals surface area contributed by atoms with Crippen molar-refractivity contribution in [3.63, 3.8) is 0 Å². The molecule has 0 amide bonds. The van der Waals surface area contributed by atoms with Gasteiger partial charge in [-0.25, -0.2) is 0 Å².